The van der Waals surface area contributed by atoms with E-state index >= 15 is 0 Å². The highest BCUT2D eigenvalue weighted by Gasteiger charge is 2.16. The number of nitrogens with zero attached hydrogens (tertiary/aromatic N) is 1. The maximum Gasteiger partial charge on any atom is 0.115 e. The van der Waals surface area contributed by atoms with E-state index in [0.29, 0.717) is 0 Å². The number of thiophene rings is 1. The Morgan fingerprint density at radius 2 is 1.95 bits per heavy atom. The highest BCUT2D eigenvalue weighted by Crippen LogP contribution is 2.33. The third-order valence-electron chi connectivity index (χ3n) is 3.45. The molecular weight excluding hydrogens is 254 g/mol. The molecule has 3 aromatic rings. The lowest BCUT2D eigenvalue weighted by Crippen LogP contribution is -1.99. The Hall–Kier alpha value is -1.71. The molecule has 1 unspecified atom stereocenters. The van der Waals surface area contributed by atoms with E-state index in [1.807, 2.05) is 30.5 Å². The van der Waals surface area contributed by atoms with Gasteiger partial charge < -0.3 is 5.11 Å². The van der Waals surface area contributed by atoms with E-state index in [0.717, 1.165) is 21.2 Å². The van der Waals surface area contributed by atoms with Gasteiger partial charge in [0.2, 0.25) is 0 Å². The lowest BCUT2D eigenvalue weighted by molar-refractivity contribution is 0.225. The molecule has 0 amide bonds. The van der Waals surface area contributed by atoms with Crippen molar-refractivity contribution in [2.75, 3.05) is 0 Å². The monoisotopic (exact) mass is 269 g/mol. The molecule has 2 heterocycles. The quantitative estimate of drug-likeness (QED) is 0.763. The number of aliphatic hydroxyl groups is 1. The molecule has 0 aliphatic rings. The number of aliphatic hydroxyl groups excluding tert-OH is 1. The van der Waals surface area contributed by atoms with Crippen LogP contribution in [0.2, 0.25) is 0 Å². The smallest absolute Gasteiger partial charge is 0.115 e. The molecule has 1 atom stereocenters. The van der Waals surface area contributed by atoms with Crippen LogP contribution in [0.15, 0.2) is 42.7 Å². The SMILES string of the molecule is Cc1cc(C(O)c2cncc3ccccc23)sc1C. The van der Waals surface area contributed by atoms with Crippen LogP contribution in [0.1, 0.15) is 27.0 Å². The zero-order valence-electron chi connectivity index (χ0n) is 10.9. The lowest BCUT2D eigenvalue weighted by atomic mass is 10.0. The number of fused-ring (bicyclic) bond motifs is 1. The average molecular weight is 269 g/mol. The van der Waals surface area contributed by atoms with E-state index in [-0.39, 0.29) is 0 Å². The molecule has 2 nitrogen and oxygen atoms in total. The van der Waals surface area contributed by atoms with E-state index in [1.54, 1.807) is 17.5 Å². The summed E-state index contributed by atoms with van der Waals surface area (Å²) >= 11 is 1.65. The van der Waals surface area contributed by atoms with Gasteiger partial charge in [0, 0.05) is 33.1 Å². The molecule has 3 heteroatoms. The Morgan fingerprint density at radius 1 is 1.16 bits per heavy atom. The molecule has 3 rings (SSSR count). The van der Waals surface area contributed by atoms with Gasteiger partial charge >= 0.3 is 0 Å². The topological polar surface area (TPSA) is 33.1 Å². The van der Waals surface area contributed by atoms with Gasteiger partial charge in [0.25, 0.3) is 0 Å². The number of aromatic nitrogens is 1. The van der Waals surface area contributed by atoms with Crippen LogP contribution in [0.3, 0.4) is 0 Å². The van der Waals surface area contributed by atoms with Gasteiger partial charge in [-0.15, -0.1) is 11.3 Å². The largest absolute Gasteiger partial charge is 0.383 e. The van der Waals surface area contributed by atoms with Crippen molar-refractivity contribution >= 4 is 22.1 Å². The summed E-state index contributed by atoms with van der Waals surface area (Å²) < 4.78 is 0. The summed E-state index contributed by atoms with van der Waals surface area (Å²) in [7, 11) is 0. The Bertz CT molecular complexity index is 708. The van der Waals surface area contributed by atoms with Crippen LogP contribution in [-0.4, -0.2) is 10.1 Å². The molecule has 96 valence electrons. The van der Waals surface area contributed by atoms with Gasteiger partial charge in [-0.25, -0.2) is 0 Å². The first-order chi connectivity index (χ1) is 9.16. The number of hydrogen-bond acceptors (Lipinski definition) is 3. The molecule has 19 heavy (non-hydrogen) atoms. The van der Waals surface area contributed by atoms with Crippen LogP contribution in [-0.2, 0) is 0 Å². The van der Waals surface area contributed by atoms with Crippen molar-refractivity contribution in [1.82, 2.24) is 4.98 Å². The second-order valence-corrected chi connectivity index (χ2v) is 6.03. The predicted octanol–water partition coefficient (Wildman–Crippen LogP) is 3.99. The maximum absolute atomic E-state index is 10.6. The molecule has 2 aromatic heterocycles. The highest BCUT2D eigenvalue weighted by molar-refractivity contribution is 7.12. The lowest BCUT2D eigenvalue weighted by Gasteiger charge is -2.11. The third-order valence-corrected chi connectivity index (χ3v) is 4.65. The second kappa shape index (κ2) is 4.76. The molecule has 0 aliphatic carbocycles. The van der Waals surface area contributed by atoms with Crippen molar-refractivity contribution in [3.63, 3.8) is 0 Å². The van der Waals surface area contributed by atoms with E-state index < -0.39 is 6.10 Å². The summed E-state index contributed by atoms with van der Waals surface area (Å²) in [5.74, 6) is 0. The molecule has 0 spiro atoms. The molecule has 0 fully saturated rings. The summed E-state index contributed by atoms with van der Waals surface area (Å²) in [6.45, 7) is 4.15. The van der Waals surface area contributed by atoms with Crippen LogP contribution in [0.25, 0.3) is 10.8 Å². The molecule has 0 aliphatic heterocycles. The molecule has 1 N–H and O–H groups in total. The fraction of sp³-hybridized carbons (Fsp3) is 0.188. The Balaban J connectivity index is 2.13. The Kier molecular flexibility index (Phi) is 3.09. The first-order valence-electron chi connectivity index (χ1n) is 6.24. The van der Waals surface area contributed by atoms with Crippen molar-refractivity contribution in [3.8, 4) is 0 Å². The van der Waals surface area contributed by atoms with Crippen molar-refractivity contribution in [2.24, 2.45) is 0 Å². The zero-order valence-corrected chi connectivity index (χ0v) is 11.7. The molecule has 0 saturated carbocycles. The van der Waals surface area contributed by atoms with E-state index in [1.165, 1.54) is 10.4 Å². The molecule has 0 bridgehead atoms. The summed E-state index contributed by atoms with van der Waals surface area (Å²) in [5, 5.41) is 12.7. The standard InChI is InChI=1S/C16H15NOS/c1-10-7-15(19-11(10)2)16(18)14-9-17-8-12-5-3-4-6-13(12)14/h3-9,16,18H,1-2H3. The minimum atomic E-state index is -0.601. The Morgan fingerprint density at radius 3 is 2.68 bits per heavy atom. The van der Waals surface area contributed by atoms with Gasteiger partial charge in [0.15, 0.2) is 0 Å². The Labute approximate surface area is 116 Å². The number of pyridine rings is 1. The van der Waals surface area contributed by atoms with Gasteiger partial charge in [-0.05, 0) is 30.9 Å². The van der Waals surface area contributed by atoms with E-state index in [9.17, 15) is 5.11 Å². The molecule has 0 radical (unpaired) electrons. The van der Waals surface area contributed by atoms with E-state index in [2.05, 4.69) is 24.9 Å². The summed E-state index contributed by atoms with van der Waals surface area (Å²) in [6.07, 6.45) is 2.99. The fourth-order valence-electron chi connectivity index (χ4n) is 2.25. The molecule has 1 aromatic carbocycles. The summed E-state index contributed by atoms with van der Waals surface area (Å²) in [6, 6.07) is 10.1. The van der Waals surface area contributed by atoms with Crippen LogP contribution in [0.4, 0.5) is 0 Å². The first kappa shape index (κ1) is 12.3. The third kappa shape index (κ3) is 2.15. The van der Waals surface area contributed by atoms with Crippen LogP contribution in [0.5, 0.6) is 0 Å². The average Bonchev–Trinajstić information content (AvgIpc) is 2.77. The molecular formula is C16H15NOS. The number of hydrogen-bond donors (Lipinski definition) is 1. The van der Waals surface area contributed by atoms with Gasteiger partial charge in [0.05, 0.1) is 0 Å². The van der Waals surface area contributed by atoms with Crippen LogP contribution in [0, 0.1) is 13.8 Å². The van der Waals surface area contributed by atoms with Gasteiger partial charge in [0.1, 0.15) is 6.10 Å². The van der Waals surface area contributed by atoms with Gasteiger partial charge in [-0.2, -0.15) is 0 Å². The maximum atomic E-state index is 10.6. The molecule has 0 saturated heterocycles. The summed E-state index contributed by atoms with van der Waals surface area (Å²) in [4.78, 5) is 6.47. The number of aryl methyl sites for hydroxylation is 2. The minimum absolute atomic E-state index is 0.601. The van der Waals surface area contributed by atoms with Crippen LogP contribution < -0.4 is 0 Å². The zero-order chi connectivity index (χ0) is 13.4. The van der Waals surface area contributed by atoms with Gasteiger partial charge in [-0.1, -0.05) is 24.3 Å². The number of rotatable bonds is 2. The van der Waals surface area contributed by atoms with Crippen molar-refractivity contribution in [3.05, 3.63) is 63.6 Å². The normalized spacial score (nSPS) is 12.8. The highest BCUT2D eigenvalue weighted by atomic mass is 32.1. The number of benzene rings is 1. The van der Waals surface area contributed by atoms with Crippen molar-refractivity contribution in [1.29, 1.82) is 0 Å². The van der Waals surface area contributed by atoms with Crippen LogP contribution >= 0.6 is 11.3 Å². The van der Waals surface area contributed by atoms with Crippen molar-refractivity contribution in [2.45, 2.75) is 20.0 Å². The van der Waals surface area contributed by atoms with Gasteiger partial charge in [-0.3, -0.25) is 4.98 Å². The predicted molar refractivity (Wildman–Crippen MR) is 79.6 cm³/mol. The minimum Gasteiger partial charge on any atom is -0.383 e. The van der Waals surface area contributed by atoms with Crippen molar-refractivity contribution < 1.29 is 5.11 Å². The summed E-state index contributed by atoms with van der Waals surface area (Å²) in [5.41, 5.74) is 2.10. The van der Waals surface area contributed by atoms with E-state index in [4.69, 9.17) is 0 Å². The second-order valence-electron chi connectivity index (χ2n) is 4.74. The first-order valence-corrected chi connectivity index (χ1v) is 7.06. The fourth-order valence-corrected chi connectivity index (χ4v) is 3.30.